The smallest absolute Gasteiger partial charge is 0.252 e. The van der Waals surface area contributed by atoms with Gasteiger partial charge < -0.3 is 5.32 Å². The van der Waals surface area contributed by atoms with Crippen LogP contribution < -0.4 is 5.32 Å². The molecule has 0 aliphatic heterocycles. The molecule has 3 rings (SSSR count). The number of rotatable bonds is 6. The Morgan fingerprint density at radius 1 is 1.33 bits per heavy atom. The number of nitrogens with one attached hydrogen (secondary N) is 1. The summed E-state index contributed by atoms with van der Waals surface area (Å²) in [6.07, 6.45) is 4.45. The Kier molecular flexibility index (Phi) is 4.61. The van der Waals surface area contributed by atoms with Gasteiger partial charge in [-0.15, -0.1) is 0 Å². The van der Waals surface area contributed by atoms with Crippen LogP contribution >= 0.6 is 0 Å². The second-order valence-electron chi connectivity index (χ2n) is 7.62. The summed E-state index contributed by atoms with van der Waals surface area (Å²) in [5, 5.41) is 8.51. The molecule has 5 heteroatoms. The molecule has 1 N–H and O–H groups in total. The number of amides is 1. The zero-order chi connectivity index (χ0) is 17.4. The molecule has 0 spiro atoms. The second kappa shape index (κ2) is 6.54. The maximum absolute atomic E-state index is 12.9. The van der Waals surface area contributed by atoms with Gasteiger partial charge in [-0.3, -0.25) is 9.48 Å². The number of hydrogen-bond donors (Lipinski definition) is 1. The van der Waals surface area contributed by atoms with Gasteiger partial charge in [0.25, 0.3) is 5.91 Å². The van der Waals surface area contributed by atoms with E-state index in [-0.39, 0.29) is 11.9 Å². The Balaban J connectivity index is 1.90. The van der Waals surface area contributed by atoms with Crippen LogP contribution in [0.1, 0.15) is 74.1 Å². The van der Waals surface area contributed by atoms with E-state index in [2.05, 4.69) is 31.2 Å². The molecular formula is C19H28N4O. The fraction of sp³-hybridized carbons (Fsp3) is 0.632. The van der Waals surface area contributed by atoms with Gasteiger partial charge in [0.2, 0.25) is 0 Å². The standard InChI is InChI=1S/C19H28N4O/c1-11(2)6-7-12(3)20-19(24)15-10-16(14-8-9-14)21-18-17(15)13(4)22-23(18)5/h10-12,14H,6-9H2,1-5H3,(H,20,24)/t12-/m0/s1. The lowest BCUT2D eigenvalue weighted by Gasteiger charge is -2.16. The summed E-state index contributed by atoms with van der Waals surface area (Å²) in [6, 6.07) is 2.16. The molecule has 1 aliphatic rings. The first-order valence-electron chi connectivity index (χ1n) is 9.02. The maximum Gasteiger partial charge on any atom is 0.252 e. The summed E-state index contributed by atoms with van der Waals surface area (Å²) in [4.78, 5) is 17.7. The van der Waals surface area contributed by atoms with Gasteiger partial charge in [-0.1, -0.05) is 13.8 Å². The molecule has 0 unspecified atom stereocenters. The molecule has 0 radical (unpaired) electrons. The van der Waals surface area contributed by atoms with Crippen molar-refractivity contribution in [3.8, 4) is 0 Å². The van der Waals surface area contributed by atoms with Crippen molar-refractivity contribution in [3.63, 3.8) is 0 Å². The van der Waals surface area contributed by atoms with Gasteiger partial charge in [-0.2, -0.15) is 5.10 Å². The average Bonchev–Trinajstić information content (AvgIpc) is 3.32. The highest BCUT2D eigenvalue weighted by atomic mass is 16.1. The Hall–Kier alpha value is -1.91. The van der Waals surface area contributed by atoms with Crippen molar-refractivity contribution in [1.82, 2.24) is 20.1 Å². The molecule has 0 bridgehead atoms. The fourth-order valence-corrected chi connectivity index (χ4v) is 3.19. The van der Waals surface area contributed by atoms with Crippen LogP contribution in [0.5, 0.6) is 0 Å². The van der Waals surface area contributed by atoms with Crippen LogP contribution in [0.2, 0.25) is 0 Å². The van der Waals surface area contributed by atoms with Crippen LogP contribution in [-0.2, 0) is 7.05 Å². The molecule has 1 fully saturated rings. The fourth-order valence-electron chi connectivity index (χ4n) is 3.19. The largest absolute Gasteiger partial charge is 0.350 e. The van der Waals surface area contributed by atoms with E-state index in [0.29, 0.717) is 11.8 Å². The van der Waals surface area contributed by atoms with Gasteiger partial charge in [0.15, 0.2) is 5.65 Å². The summed E-state index contributed by atoms with van der Waals surface area (Å²) in [6.45, 7) is 8.44. The Bertz CT molecular complexity index is 758. The van der Waals surface area contributed by atoms with E-state index in [1.807, 2.05) is 20.0 Å². The van der Waals surface area contributed by atoms with Gasteiger partial charge in [0.05, 0.1) is 16.6 Å². The predicted molar refractivity (Wildman–Crippen MR) is 96.2 cm³/mol. The van der Waals surface area contributed by atoms with Crippen LogP contribution in [0.4, 0.5) is 0 Å². The number of aromatic nitrogens is 3. The van der Waals surface area contributed by atoms with Gasteiger partial charge in [-0.25, -0.2) is 4.98 Å². The van der Waals surface area contributed by atoms with Crippen molar-refractivity contribution in [3.05, 3.63) is 23.0 Å². The van der Waals surface area contributed by atoms with E-state index >= 15 is 0 Å². The molecule has 2 heterocycles. The van der Waals surface area contributed by atoms with Crippen LogP contribution in [0, 0.1) is 12.8 Å². The summed E-state index contributed by atoms with van der Waals surface area (Å²) < 4.78 is 1.79. The molecule has 5 nitrogen and oxygen atoms in total. The highest BCUT2D eigenvalue weighted by molar-refractivity contribution is 6.06. The van der Waals surface area contributed by atoms with Crippen molar-refractivity contribution in [1.29, 1.82) is 0 Å². The lowest BCUT2D eigenvalue weighted by Crippen LogP contribution is -2.33. The van der Waals surface area contributed by atoms with Gasteiger partial charge >= 0.3 is 0 Å². The molecule has 1 amide bonds. The van der Waals surface area contributed by atoms with Crippen molar-refractivity contribution >= 4 is 16.9 Å². The Morgan fingerprint density at radius 3 is 2.67 bits per heavy atom. The first kappa shape index (κ1) is 16.9. The molecule has 1 atom stereocenters. The third kappa shape index (κ3) is 3.45. The number of nitrogens with zero attached hydrogens (tertiary/aromatic N) is 3. The van der Waals surface area contributed by atoms with Crippen LogP contribution in [0.15, 0.2) is 6.07 Å². The van der Waals surface area contributed by atoms with Crippen LogP contribution in [0.3, 0.4) is 0 Å². The summed E-state index contributed by atoms with van der Waals surface area (Å²) >= 11 is 0. The summed E-state index contributed by atoms with van der Waals surface area (Å²) in [7, 11) is 1.89. The average molecular weight is 328 g/mol. The number of hydrogen-bond acceptors (Lipinski definition) is 3. The molecule has 0 aromatic carbocycles. The highest BCUT2D eigenvalue weighted by Crippen LogP contribution is 2.40. The zero-order valence-corrected chi connectivity index (χ0v) is 15.4. The number of fused-ring (bicyclic) bond motifs is 1. The topological polar surface area (TPSA) is 59.8 Å². The van der Waals surface area contributed by atoms with E-state index in [0.717, 1.165) is 40.8 Å². The number of aryl methyl sites for hydroxylation is 2. The predicted octanol–water partition coefficient (Wildman–Crippen LogP) is 3.71. The number of pyridine rings is 1. The first-order chi connectivity index (χ1) is 11.4. The van der Waals surface area contributed by atoms with Crippen molar-refractivity contribution in [2.45, 2.75) is 65.3 Å². The first-order valence-corrected chi connectivity index (χ1v) is 9.02. The van der Waals surface area contributed by atoms with E-state index in [9.17, 15) is 4.79 Å². The summed E-state index contributed by atoms with van der Waals surface area (Å²) in [5.41, 5.74) is 3.44. The molecule has 1 aliphatic carbocycles. The third-order valence-electron chi connectivity index (χ3n) is 4.78. The van der Waals surface area contributed by atoms with Crippen molar-refractivity contribution in [2.24, 2.45) is 13.0 Å². The van der Waals surface area contributed by atoms with Crippen LogP contribution in [-0.4, -0.2) is 26.7 Å². The van der Waals surface area contributed by atoms with Gasteiger partial charge in [-0.05, 0) is 51.5 Å². The molecule has 130 valence electrons. The normalized spacial score (nSPS) is 15.9. The van der Waals surface area contributed by atoms with Crippen molar-refractivity contribution < 1.29 is 4.79 Å². The molecule has 24 heavy (non-hydrogen) atoms. The van der Waals surface area contributed by atoms with E-state index in [4.69, 9.17) is 4.98 Å². The van der Waals surface area contributed by atoms with E-state index in [1.54, 1.807) is 4.68 Å². The number of carbonyl (C=O) groups excluding carboxylic acids is 1. The molecule has 2 aromatic heterocycles. The minimum atomic E-state index is -0.00310. The quantitative estimate of drug-likeness (QED) is 0.879. The minimum absolute atomic E-state index is 0.00310. The summed E-state index contributed by atoms with van der Waals surface area (Å²) in [5.74, 6) is 1.16. The third-order valence-corrected chi connectivity index (χ3v) is 4.78. The monoisotopic (exact) mass is 328 g/mol. The zero-order valence-electron chi connectivity index (χ0n) is 15.4. The molecule has 2 aromatic rings. The van der Waals surface area contributed by atoms with Crippen LogP contribution in [0.25, 0.3) is 11.0 Å². The second-order valence-corrected chi connectivity index (χ2v) is 7.62. The lowest BCUT2D eigenvalue weighted by atomic mass is 10.0. The van der Waals surface area contributed by atoms with Crippen molar-refractivity contribution in [2.75, 3.05) is 0 Å². The molecular weight excluding hydrogens is 300 g/mol. The van der Waals surface area contributed by atoms with Gasteiger partial charge in [0, 0.05) is 24.7 Å². The highest BCUT2D eigenvalue weighted by Gasteiger charge is 2.28. The Labute approximate surface area is 143 Å². The lowest BCUT2D eigenvalue weighted by molar-refractivity contribution is 0.0938. The van der Waals surface area contributed by atoms with E-state index in [1.165, 1.54) is 12.8 Å². The number of carbonyl (C=O) groups is 1. The maximum atomic E-state index is 12.9. The van der Waals surface area contributed by atoms with E-state index < -0.39 is 0 Å². The SMILES string of the molecule is Cc1nn(C)c2nc(C3CC3)cc(C(=O)N[C@@H](C)CCC(C)C)c12. The minimum Gasteiger partial charge on any atom is -0.350 e. The Morgan fingerprint density at radius 2 is 2.04 bits per heavy atom. The van der Waals surface area contributed by atoms with Gasteiger partial charge in [0.1, 0.15) is 0 Å². The molecule has 1 saturated carbocycles. The molecule has 0 saturated heterocycles.